The van der Waals surface area contributed by atoms with E-state index in [2.05, 4.69) is 117 Å². The van der Waals surface area contributed by atoms with Crippen molar-refractivity contribution in [2.24, 2.45) is 17.3 Å². The van der Waals surface area contributed by atoms with Gasteiger partial charge in [0.15, 0.2) is 16.6 Å². The van der Waals surface area contributed by atoms with Crippen molar-refractivity contribution < 1.29 is 27.5 Å². The summed E-state index contributed by atoms with van der Waals surface area (Å²) in [6.45, 7) is 45.9. The van der Waals surface area contributed by atoms with Crippen LogP contribution in [0.15, 0.2) is 24.8 Å². The highest BCUT2D eigenvalue weighted by atomic mass is 28.4. The first kappa shape index (κ1) is 47.6. The number of esters is 1. The number of rotatable bonds is 16. The van der Waals surface area contributed by atoms with Crippen molar-refractivity contribution in [3.05, 3.63) is 24.8 Å². The first-order valence-electron chi connectivity index (χ1n) is 21.4. The van der Waals surface area contributed by atoms with Crippen LogP contribution >= 0.6 is 0 Å². The molecule has 0 aromatic heterocycles. The van der Waals surface area contributed by atoms with Gasteiger partial charge >= 0.3 is 5.97 Å². The Bertz CT molecular complexity index is 1090. The number of ether oxygens (including phenoxy) is 2. The summed E-state index contributed by atoms with van der Waals surface area (Å²) < 4.78 is 35.8. The minimum absolute atomic E-state index is 0.0112. The van der Waals surface area contributed by atoms with Gasteiger partial charge in [-0.3, -0.25) is 4.79 Å². The molecule has 2 aliphatic heterocycles. The first-order chi connectivity index (χ1) is 24.2. The van der Waals surface area contributed by atoms with Crippen LogP contribution in [0.1, 0.15) is 136 Å². The number of cyclic esters (lactones) is 1. The Morgan fingerprint density at radius 3 is 1.71 bits per heavy atom. The summed E-state index contributed by atoms with van der Waals surface area (Å²) in [5.41, 5.74) is 1.99. The molecule has 6 nitrogen and oxygen atoms in total. The van der Waals surface area contributed by atoms with Crippen LogP contribution in [0.5, 0.6) is 0 Å². The Morgan fingerprint density at radius 2 is 1.27 bits per heavy atom. The van der Waals surface area contributed by atoms with Gasteiger partial charge in [0, 0.05) is 11.3 Å². The molecule has 0 N–H and O–H groups in total. The fourth-order valence-electron chi connectivity index (χ4n) is 9.92. The molecule has 0 spiro atoms. The lowest BCUT2D eigenvalue weighted by Crippen LogP contribution is -2.55. The maximum Gasteiger partial charge on any atom is 0.309 e. The predicted molar refractivity (Wildman–Crippen MR) is 229 cm³/mol. The van der Waals surface area contributed by atoms with Crippen molar-refractivity contribution in [3.8, 4) is 0 Å². The number of carbonyl (C=O) groups excluding carboxylic acids is 1. The number of hydrogen-bond donors (Lipinski definition) is 0. The molecule has 8 atom stereocenters. The van der Waals surface area contributed by atoms with Crippen molar-refractivity contribution in [1.29, 1.82) is 0 Å². The summed E-state index contributed by atoms with van der Waals surface area (Å²) in [5.74, 6) is -0.0633. The fraction of sp³-hybridized carbons (Fsp3) is 0.884. The zero-order valence-electron chi connectivity index (χ0n) is 36.9. The van der Waals surface area contributed by atoms with Crippen LogP contribution in [0.2, 0.25) is 52.9 Å². The van der Waals surface area contributed by atoms with E-state index >= 15 is 0 Å². The normalized spacial score (nSPS) is 30.1. The molecule has 0 radical (unpaired) electrons. The second-order valence-electron chi connectivity index (χ2n) is 18.2. The standard InChI is InChI=1S/C43H84O6Si3/c1-19-39-43(17,18)40(48-50(20-2,21-3)22-4)27-34(15)42(49-51(23-5,24-6)25-7)33(14)26-36-28-38(35(16)37(45-36)29-41(44)46-39)47-52(30(8)9,31(10)11)32(12)13/h19,30-32,34-40,42H,1,14,20-29H2,2-13,15-18H3/t34-,35+,36-,37+,38+,39-,40?,42-/m1/s1. The summed E-state index contributed by atoms with van der Waals surface area (Å²) in [6, 6.07) is 6.40. The summed E-state index contributed by atoms with van der Waals surface area (Å²) in [6.07, 6.45) is 3.06. The predicted octanol–water partition coefficient (Wildman–Crippen LogP) is 12.6. The van der Waals surface area contributed by atoms with Crippen LogP contribution in [-0.4, -0.2) is 67.5 Å². The average molecular weight is 781 g/mol. The van der Waals surface area contributed by atoms with Gasteiger partial charge in [-0.15, -0.1) is 0 Å². The van der Waals surface area contributed by atoms with Crippen molar-refractivity contribution in [3.63, 3.8) is 0 Å². The van der Waals surface area contributed by atoms with Crippen LogP contribution in [-0.2, 0) is 27.5 Å². The topological polar surface area (TPSA) is 63.2 Å². The highest BCUT2D eigenvalue weighted by Gasteiger charge is 2.51. The fourth-order valence-corrected chi connectivity index (χ4v) is 21.5. The van der Waals surface area contributed by atoms with E-state index in [1.54, 1.807) is 0 Å². The van der Waals surface area contributed by atoms with E-state index in [4.69, 9.17) is 29.3 Å². The van der Waals surface area contributed by atoms with Gasteiger partial charge in [0.2, 0.25) is 8.32 Å². The van der Waals surface area contributed by atoms with E-state index in [-0.39, 0.29) is 54.7 Å². The van der Waals surface area contributed by atoms with Crippen molar-refractivity contribution in [2.75, 3.05) is 0 Å². The summed E-state index contributed by atoms with van der Waals surface area (Å²) in [5, 5.41) is 0. The summed E-state index contributed by atoms with van der Waals surface area (Å²) in [7, 11) is -6.26. The molecule has 0 aromatic rings. The summed E-state index contributed by atoms with van der Waals surface area (Å²) >= 11 is 0. The smallest absolute Gasteiger partial charge is 0.309 e. The quantitative estimate of drug-likeness (QED) is 0.0883. The molecule has 2 heterocycles. The number of hydrogen-bond acceptors (Lipinski definition) is 6. The van der Waals surface area contributed by atoms with Crippen LogP contribution in [0.3, 0.4) is 0 Å². The molecule has 2 fully saturated rings. The maximum atomic E-state index is 14.0. The molecule has 1 unspecified atom stereocenters. The van der Waals surface area contributed by atoms with Crippen LogP contribution in [0.25, 0.3) is 0 Å². The Balaban J connectivity index is 2.77. The first-order valence-corrected chi connectivity index (χ1v) is 28.6. The molecule has 2 bridgehead atoms. The third-order valence-corrected chi connectivity index (χ3v) is 29.5. The minimum Gasteiger partial charge on any atom is -0.457 e. The molecule has 0 aromatic carbocycles. The molecule has 0 amide bonds. The van der Waals surface area contributed by atoms with E-state index in [1.165, 1.54) is 0 Å². The molecular formula is C43H84O6Si3. The SMILES string of the molecule is C=C[C@H]1OC(=O)C[C@@H]2O[C@H](CC(=C)[C@@H](O[Si](CC)(CC)CC)[C@H](C)CC(O[Si](CC)(CC)CC)C1(C)C)C[C@H](O[Si](C(C)C)(C(C)C)C(C)C)[C@H]2C. The van der Waals surface area contributed by atoms with Gasteiger partial charge in [0.1, 0.15) is 6.10 Å². The Morgan fingerprint density at radius 1 is 0.788 bits per heavy atom. The van der Waals surface area contributed by atoms with E-state index in [0.29, 0.717) is 23.0 Å². The minimum atomic E-state index is -2.20. The molecular weight excluding hydrogens is 697 g/mol. The Kier molecular flexibility index (Phi) is 18.3. The third-order valence-electron chi connectivity index (χ3n) is 14.1. The van der Waals surface area contributed by atoms with Gasteiger partial charge in [-0.25, -0.2) is 0 Å². The lowest BCUT2D eigenvalue weighted by atomic mass is 9.75. The van der Waals surface area contributed by atoms with Gasteiger partial charge in [0.25, 0.3) is 0 Å². The molecule has 0 saturated carbocycles. The highest BCUT2D eigenvalue weighted by Crippen LogP contribution is 2.47. The highest BCUT2D eigenvalue weighted by molar-refractivity contribution is 6.77. The Labute approximate surface area is 325 Å². The van der Waals surface area contributed by atoms with E-state index in [9.17, 15) is 4.79 Å². The van der Waals surface area contributed by atoms with Crippen LogP contribution < -0.4 is 0 Å². The van der Waals surface area contributed by atoms with Crippen molar-refractivity contribution in [1.82, 2.24) is 0 Å². The zero-order chi connectivity index (χ0) is 39.8. The molecule has 52 heavy (non-hydrogen) atoms. The van der Waals surface area contributed by atoms with E-state index in [1.807, 2.05) is 6.08 Å². The van der Waals surface area contributed by atoms with Gasteiger partial charge in [-0.2, -0.15) is 0 Å². The molecule has 2 aliphatic rings. The zero-order valence-corrected chi connectivity index (χ0v) is 39.9. The number of fused-ring (bicyclic) bond motifs is 2. The molecule has 2 saturated heterocycles. The summed E-state index contributed by atoms with van der Waals surface area (Å²) in [4.78, 5) is 14.0. The lowest BCUT2D eigenvalue weighted by Gasteiger charge is -2.50. The maximum absolute atomic E-state index is 14.0. The molecule has 304 valence electrons. The monoisotopic (exact) mass is 781 g/mol. The van der Waals surface area contributed by atoms with E-state index < -0.39 is 36.5 Å². The third kappa shape index (κ3) is 10.6. The second-order valence-corrected chi connectivity index (χ2v) is 33.1. The van der Waals surface area contributed by atoms with Crippen LogP contribution in [0.4, 0.5) is 0 Å². The van der Waals surface area contributed by atoms with Gasteiger partial charge < -0.3 is 22.8 Å². The van der Waals surface area contributed by atoms with E-state index in [0.717, 1.165) is 54.7 Å². The molecule has 9 heteroatoms. The van der Waals surface area contributed by atoms with Gasteiger partial charge in [0.05, 0.1) is 36.9 Å². The second kappa shape index (κ2) is 20.0. The molecule has 2 rings (SSSR count). The van der Waals surface area contributed by atoms with Crippen molar-refractivity contribution in [2.45, 2.75) is 226 Å². The van der Waals surface area contributed by atoms with Crippen molar-refractivity contribution >= 4 is 30.9 Å². The van der Waals surface area contributed by atoms with Gasteiger partial charge in [-0.05, 0) is 83.6 Å². The largest absolute Gasteiger partial charge is 0.457 e. The Hall–Kier alpha value is -0.559. The lowest BCUT2D eigenvalue weighted by molar-refractivity contribution is -0.170. The average Bonchev–Trinajstić information content (AvgIpc) is 3.09. The van der Waals surface area contributed by atoms with Gasteiger partial charge in [-0.1, -0.05) is 130 Å². The number of carbonyl (C=O) groups is 1. The molecule has 0 aliphatic carbocycles. The van der Waals surface area contributed by atoms with Crippen LogP contribution in [0, 0.1) is 17.3 Å².